The highest BCUT2D eigenvalue weighted by molar-refractivity contribution is 5.80. The van der Waals surface area contributed by atoms with Crippen molar-refractivity contribution in [2.75, 3.05) is 19.7 Å². The van der Waals surface area contributed by atoms with E-state index in [2.05, 4.69) is 5.10 Å². The zero-order chi connectivity index (χ0) is 19.5. The van der Waals surface area contributed by atoms with Crippen molar-refractivity contribution >= 4 is 22.8 Å². The highest BCUT2D eigenvalue weighted by Crippen LogP contribution is 2.33. The molecule has 1 saturated carbocycles. The van der Waals surface area contributed by atoms with Gasteiger partial charge in [-0.25, -0.2) is 0 Å². The first-order chi connectivity index (χ1) is 13.6. The van der Waals surface area contributed by atoms with Crippen molar-refractivity contribution in [3.05, 3.63) is 24.4 Å². The highest BCUT2D eigenvalue weighted by atomic mass is 16.5. The van der Waals surface area contributed by atoms with Crippen LogP contribution in [-0.4, -0.2) is 51.4 Å². The third-order valence-corrected chi connectivity index (χ3v) is 5.76. The summed E-state index contributed by atoms with van der Waals surface area (Å²) in [6, 6.07) is 5.79. The predicted molar refractivity (Wildman–Crippen MR) is 104 cm³/mol. The second kappa shape index (κ2) is 8.20. The maximum Gasteiger partial charge on any atom is 0.305 e. The van der Waals surface area contributed by atoms with E-state index in [1.807, 2.05) is 23.1 Å². The van der Waals surface area contributed by atoms with E-state index in [9.17, 15) is 9.59 Å². The number of amides is 1. The van der Waals surface area contributed by atoms with Gasteiger partial charge in [0.15, 0.2) is 0 Å². The Hall–Kier alpha value is -2.57. The van der Waals surface area contributed by atoms with Crippen molar-refractivity contribution in [2.24, 2.45) is 11.8 Å². The molecule has 28 heavy (non-hydrogen) atoms. The number of likely N-dealkylation sites (tertiary alicyclic amines) is 1. The van der Waals surface area contributed by atoms with Crippen molar-refractivity contribution in [2.45, 2.75) is 45.1 Å². The number of carboxylic acid groups (broad SMARTS) is 1. The molecule has 1 amide bonds. The lowest BCUT2D eigenvalue weighted by molar-refractivity contribution is -0.137. The van der Waals surface area contributed by atoms with Crippen LogP contribution in [0, 0.1) is 11.8 Å². The molecular weight excluding hydrogens is 358 g/mol. The smallest absolute Gasteiger partial charge is 0.305 e. The molecule has 1 aliphatic heterocycles. The Balaban J connectivity index is 1.26. The zero-order valence-corrected chi connectivity index (χ0v) is 16.0. The first-order valence-corrected chi connectivity index (χ1v) is 10.2. The Morgan fingerprint density at radius 2 is 1.93 bits per heavy atom. The number of fused-ring (bicyclic) bond motifs is 1. The quantitative estimate of drug-likeness (QED) is 0.755. The van der Waals surface area contributed by atoms with Gasteiger partial charge in [-0.05, 0) is 55.7 Å². The van der Waals surface area contributed by atoms with E-state index < -0.39 is 5.97 Å². The summed E-state index contributed by atoms with van der Waals surface area (Å²) in [7, 11) is 0. The Morgan fingerprint density at radius 1 is 1.14 bits per heavy atom. The molecule has 1 aromatic heterocycles. The molecule has 0 atom stereocenters. The molecule has 2 heterocycles. The van der Waals surface area contributed by atoms with E-state index >= 15 is 0 Å². The first kappa shape index (κ1) is 18.8. The van der Waals surface area contributed by atoms with E-state index in [-0.39, 0.29) is 6.42 Å². The molecule has 7 nitrogen and oxygen atoms in total. The number of carbonyl (C=O) groups is 2. The second-order valence-corrected chi connectivity index (χ2v) is 8.01. The minimum absolute atomic E-state index is 0.0525. The Morgan fingerprint density at radius 3 is 2.64 bits per heavy atom. The number of nitrogens with zero attached hydrogens (tertiary/aromatic N) is 3. The Bertz CT molecular complexity index is 850. The lowest BCUT2D eigenvalue weighted by Crippen LogP contribution is -2.39. The average molecular weight is 385 g/mol. The predicted octanol–water partition coefficient (Wildman–Crippen LogP) is 2.93. The molecule has 1 N–H and O–H groups in total. The monoisotopic (exact) mass is 385 g/mol. The summed E-state index contributed by atoms with van der Waals surface area (Å²) in [5.41, 5.74) is 0.913. The molecule has 2 aromatic rings. The van der Waals surface area contributed by atoms with Crippen LogP contribution in [0.4, 0.5) is 0 Å². The fourth-order valence-electron chi connectivity index (χ4n) is 3.80. The van der Waals surface area contributed by atoms with Gasteiger partial charge in [0.2, 0.25) is 5.91 Å². The van der Waals surface area contributed by atoms with Crippen molar-refractivity contribution in [3.63, 3.8) is 0 Å². The maximum atomic E-state index is 12.2. The second-order valence-electron chi connectivity index (χ2n) is 8.01. The van der Waals surface area contributed by atoms with Gasteiger partial charge in [0.1, 0.15) is 5.75 Å². The minimum atomic E-state index is -0.830. The summed E-state index contributed by atoms with van der Waals surface area (Å²) in [5, 5.41) is 14.0. The molecule has 4 rings (SSSR count). The molecule has 0 bridgehead atoms. The highest BCUT2D eigenvalue weighted by Gasteiger charge is 2.29. The van der Waals surface area contributed by atoms with Crippen LogP contribution in [0.25, 0.3) is 10.9 Å². The van der Waals surface area contributed by atoms with Crippen LogP contribution in [0.15, 0.2) is 24.4 Å². The number of piperidine rings is 1. The van der Waals surface area contributed by atoms with Gasteiger partial charge < -0.3 is 14.7 Å². The van der Waals surface area contributed by atoms with Gasteiger partial charge in [-0.2, -0.15) is 5.10 Å². The molecule has 150 valence electrons. The molecule has 2 aliphatic rings. The van der Waals surface area contributed by atoms with E-state index in [1.54, 1.807) is 10.9 Å². The summed E-state index contributed by atoms with van der Waals surface area (Å²) in [4.78, 5) is 25.0. The van der Waals surface area contributed by atoms with Gasteiger partial charge in [-0.1, -0.05) is 0 Å². The zero-order valence-electron chi connectivity index (χ0n) is 16.0. The van der Waals surface area contributed by atoms with Crippen molar-refractivity contribution < 1.29 is 19.4 Å². The number of carboxylic acids is 1. The number of aromatic nitrogens is 2. The number of aryl methyl sites for hydroxylation is 1. The summed E-state index contributed by atoms with van der Waals surface area (Å²) >= 11 is 0. The summed E-state index contributed by atoms with van der Waals surface area (Å²) in [6.07, 6.45) is 6.96. The standard InChI is InChI=1S/C21H27N3O4/c25-20(11-15-1-2-15)23-8-5-16(6-9-23)14-28-18-3-4-19-17(12-18)13-22-24(19)10-7-21(26)27/h3-4,12-13,15-16H,1-2,5-11,14H2,(H,26,27). The van der Waals surface area contributed by atoms with E-state index in [4.69, 9.17) is 9.84 Å². The van der Waals surface area contributed by atoms with E-state index in [0.717, 1.165) is 49.0 Å². The number of ether oxygens (including phenoxy) is 1. The van der Waals surface area contributed by atoms with E-state index in [0.29, 0.717) is 30.9 Å². The molecule has 1 aromatic carbocycles. The van der Waals surface area contributed by atoms with Crippen molar-refractivity contribution in [1.29, 1.82) is 0 Å². The maximum absolute atomic E-state index is 12.2. The third kappa shape index (κ3) is 4.64. The number of hydrogen-bond donors (Lipinski definition) is 1. The minimum Gasteiger partial charge on any atom is -0.493 e. The molecule has 0 spiro atoms. The number of rotatable bonds is 8. The van der Waals surface area contributed by atoms with Crippen molar-refractivity contribution in [3.8, 4) is 5.75 Å². The molecule has 7 heteroatoms. The molecule has 0 radical (unpaired) electrons. The molecule has 0 unspecified atom stereocenters. The lowest BCUT2D eigenvalue weighted by atomic mass is 9.97. The van der Waals surface area contributed by atoms with Gasteiger partial charge in [-0.15, -0.1) is 0 Å². The average Bonchev–Trinajstić information content (AvgIpc) is 3.42. The molecule has 1 aliphatic carbocycles. The topological polar surface area (TPSA) is 84.7 Å². The van der Waals surface area contributed by atoms with Crippen LogP contribution in [0.2, 0.25) is 0 Å². The lowest BCUT2D eigenvalue weighted by Gasteiger charge is -2.32. The van der Waals surface area contributed by atoms with Gasteiger partial charge >= 0.3 is 5.97 Å². The largest absolute Gasteiger partial charge is 0.493 e. The number of hydrogen-bond acceptors (Lipinski definition) is 4. The number of aliphatic carboxylic acids is 1. The van der Waals surface area contributed by atoms with Crippen LogP contribution < -0.4 is 4.74 Å². The summed E-state index contributed by atoms with van der Waals surface area (Å²) < 4.78 is 7.71. The molecule has 1 saturated heterocycles. The normalized spacial score (nSPS) is 17.8. The Labute approximate surface area is 164 Å². The van der Waals surface area contributed by atoms with Gasteiger partial charge in [0.25, 0.3) is 0 Å². The third-order valence-electron chi connectivity index (χ3n) is 5.76. The van der Waals surface area contributed by atoms with Crippen molar-refractivity contribution in [1.82, 2.24) is 14.7 Å². The SMILES string of the molecule is O=C(O)CCn1ncc2cc(OCC3CCN(C(=O)CC4CC4)CC3)ccc21. The van der Waals surface area contributed by atoms with Crippen LogP contribution in [0.1, 0.15) is 38.5 Å². The summed E-state index contributed by atoms with van der Waals surface area (Å²) in [6.45, 7) is 2.70. The number of benzene rings is 1. The van der Waals surface area contributed by atoms with Gasteiger partial charge in [0.05, 0.1) is 31.3 Å². The molecular formula is C21H27N3O4. The van der Waals surface area contributed by atoms with Gasteiger partial charge in [-0.3, -0.25) is 14.3 Å². The Kier molecular flexibility index (Phi) is 5.50. The first-order valence-electron chi connectivity index (χ1n) is 10.2. The molecule has 2 fully saturated rings. The fraction of sp³-hybridized carbons (Fsp3) is 0.571. The van der Waals surface area contributed by atoms with E-state index in [1.165, 1.54) is 12.8 Å². The van der Waals surface area contributed by atoms with Crippen LogP contribution >= 0.6 is 0 Å². The summed E-state index contributed by atoms with van der Waals surface area (Å²) in [5.74, 6) is 1.42. The van der Waals surface area contributed by atoms with Crippen LogP contribution in [-0.2, 0) is 16.1 Å². The van der Waals surface area contributed by atoms with Crippen LogP contribution in [0.5, 0.6) is 5.75 Å². The fourth-order valence-corrected chi connectivity index (χ4v) is 3.80. The van der Waals surface area contributed by atoms with Crippen LogP contribution in [0.3, 0.4) is 0 Å². The number of carbonyl (C=O) groups excluding carboxylic acids is 1. The van der Waals surface area contributed by atoms with Gasteiger partial charge in [0, 0.05) is 24.9 Å².